The molecule has 0 saturated heterocycles. The number of hydrogen-bond donors (Lipinski definition) is 0. The van der Waals surface area contributed by atoms with Crippen LogP contribution >= 0.6 is 15.9 Å². The molecule has 0 spiro atoms. The van der Waals surface area contributed by atoms with Crippen molar-refractivity contribution in [2.45, 2.75) is 45.6 Å². The number of nitrogens with zero attached hydrogens (tertiary/aromatic N) is 1. The molecule has 0 radical (unpaired) electrons. The van der Waals surface area contributed by atoms with Crippen LogP contribution in [0.3, 0.4) is 0 Å². The summed E-state index contributed by atoms with van der Waals surface area (Å²) in [7, 11) is 0. The molecule has 1 aromatic rings. The first-order valence-electron chi connectivity index (χ1n) is 5.84. The second-order valence-corrected chi connectivity index (χ2v) is 6.13. The van der Waals surface area contributed by atoms with Gasteiger partial charge in [0.05, 0.1) is 4.47 Å². The lowest BCUT2D eigenvalue weighted by Crippen LogP contribution is -2.28. The maximum atomic E-state index is 5.92. The molecule has 0 bridgehead atoms. The Hall–Kier alpha value is -0.570. The monoisotopic (exact) mass is 283 g/mol. The van der Waals surface area contributed by atoms with Crippen molar-refractivity contribution < 1.29 is 4.74 Å². The largest absolute Gasteiger partial charge is 0.474 e. The van der Waals surface area contributed by atoms with Crippen LogP contribution in [0.2, 0.25) is 0 Å². The Kier molecular flexibility index (Phi) is 3.53. The van der Waals surface area contributed by atoms with Crippen molar-refractivity contribution in [2.75, 3.05) is 0 Å². The highest BCUT2D eigenvalue weighted by molar-refractivity contribution is 9.10. The van der Waals surface area contributed by atoms with Crippen LogP contribution in [-0.4, -0.2) is 11.1 Å². The standard InChI is InChI=1S/C13H18BrNO/c1-13(2)7-5-10(6-8-13)16-12-11(14)4-3-9-15-12/h3-4,9-10H,5-8H2,1-2H3. The molecule has 0 aliphatic heterocycles. The van der Waals surface area contributed by atoms with Gasteiger partial charge in [-0.3, -0.25) is 0 Å². The average molecular weight is 284 g/mol. The zero-order valence-electron chi connectivity index (χ0n) is 9.87. The number of aromatic nitrogens is 1. The number of halogens is 1. The number of rotatable bonds is 2. The van der Waals surface area contributed by atoms with Crippen LogP contribution < -0.4 is 4.74 Å². The number of ether oxygens (including phenoxy) is 1. The van der Waals surface area contributed by atoms with Crippen molar-refractivity contribution in [1.82, 2.24) is 4.98 Å². The molecule has 1 aliphatic rings. The SMILES string of the molecule is CC1(C)CCC(Oc2ncccc2Br)CC1. The van der Waals surface area contributed by atoms with Crippen molar-refractivity contribution >= 4 is 15.9 Å². The summed E-state index contributed by atoms with van der Waals surface area (Å²) in [5.41, 5.74) is 0.487. The van der Waals surface area contributed by atoms with E-state index >= 15 is 0 Å². The third-order valence-electron chi connectivity index (χ3n) is 3.29. The fraction of sp³-hybridized carbons (Fsp3) is 0.615. The first kappa shape index (κ1) is 11.9. The molecule has 0 atom stereocenters. The zero-order chi connectivity index (χ0) is 11.6. The highest BCUT2D eigenvalue weighted by Gasteiger charge is 2.28. The summed E-state index contributed by atoms with van der Waals surface area (Å²) in [5, 5.41) is 0. The topological polar surface area (TPSA) is 22.1 Å². The van der Waals surface area contributed by atoms with E-state index in [0.717, 1.165) is 23.2 Å². The van der Waals surface area contributed by atoms with Gasteiger partial charge in [0, 0.05) is 6.20 Å². The highest BCUT2D eigenvalue weighted by atomic mass is 79.9. The van der Waals surface area contributed by atoms with Gasteiger partial charge in [-0.05, 0) is 59.2 Å². The Morgan fingerprint density at radius 2 is 2.06 bits per heavy atom. The van der Waals surface area contributed by atoms with Crippen LogP contribution in [0.5, 0.6) is 5.88 Å². The van der Waals surface area contributed by atoms with Crippen LogP contribution in [0.25, 0.3) is 0 Å². The molecule has 0 N–H and O–H groups in total. The van der Waals surface area contributed by atoms with Crippen molar-refractivity contribution in [2.24, 2.45) is 5.41 Å². The molecule has 2 rings (SSSR count). The maximum absolute atomic E-state index is 5.92. The van der Waals surface area contributed by atoms with E-state index in [2.05, 4.69) is 34.8 Å². The minimum atomic E-state index is 0.333. The van der Waals surface area contributed by atoms with Crippen molar-refractivity contribution in [3.8, 4) is 5.88 Å². The molecule has 1 fully saturated rings. The second-order valence-electron chi connectivity index (χ2n) is 5.27. The highest BCUT2D eigenvalue weighted by Crippen LogP contribution is 2.37. The molecular weight excluding hydrogens is 266 g/mol. The first-order chi connectivity index (χ1) is 7.57. The Labute approximate surface area is 106 Å². The summed E-state index contributed by atoms with van der Waals surface area (Å²) in [6.07, 6.45) is 6.85. The summed E-state index contributed by atoms with van der Waals surface area (Å²) in [6.45, 7) is 4.67. The van der Waals surface area contributed by atoms with Crippen LogP contribution in [0.1, 0.15) is 39.5 Å². The lowest BCUT2D eigenvalue weighted by atomic mass is 9.76. The molecule has 88 valence electrons. The minimum absolute atomic E-state index is 0.333. The molecule has 1 saturated carbocycles. The normalized spacial score (nSPS) is 20.7. The number of pyridine rings is 1. The van der Waals surface area contributed by atoms with E-state index in [-0.39, 0.29) is 0 Å². The van der Waals surface area contributed by atoms with E-state index < -0.39 is 0 Å². The van der Waals surface area contributed by atoms with Gasteiger partial charge in [-0.1, -0.05) is 13.8 Å². The molecule has 1 aliphatic carbocycles. The van der Waals surface area contributed by atoms with Gasteiger partial charge in [0.2, 0.25) is 5.88 Å². The van der Waals surface area contributed by atoms with Gasteiger partial charge in [0.25, 0.3) is 0 Å². The third kappa shape index (κ3) is 2.97. The van der Waals surface area contributed by atoms with E-state index in [1.807, 2.05) is 12.1 Å². The summed E-state index contributed by atoms with van der Waals surface area (Å²) >= 11 is 3.46. The quantitative estimate of drug-likeness (QED) is 0.812. The molecule has 0 amide bonds. The van der Waals surface area contributed by atoms with Crippen molar-refractivity contribution in [3.63, 3.8) is 0 Å². The van der Waals surface area contributed by atoms with E-state index in [1.54, 1.807) is 6.20 Å². The minimum Gasteiger partial charge on any atom is -0.474 e. The smallest absolute Gasteiger partial charge is 0.228 e. The van der Waals surface area contributed by atoms with Crippen molar-refractivity contribution in [3.05, 3.63) is 22.8 Å². The molecule has 16 heavy (non-hydrogen) atoms. The fourth-order valence-electron chi connectivity index (χ4n) is 2.11. The van der Waals surface area contributed by atoms with Crippen LogP contribution in [-0.2, 0) is 0 Å². The molecule has 1 heterocycles. The Morgan fingerprint density at radius 1 is 1.38 bits per heavy atom. The predicted molar refractivity (Wildman–Crippen MR) is 68.6 cm³/mol. The molecule has 0 aromatic carbocycles. The van der Waals surface area contributed by atoms with Crippen LogP contribution in [0, 0.1) is 5.41 Å². The van der Waals surface area contributed by atoms with Crippen LogP contribution in [0.4, 0.5) is 0 Å². The Bertz CT molecular complexity index is 355. The average Bonchev–Trinajstić information content (AvgIpc) is 2.24. The fourth-order valence-corrected chi connectivity index (χ4v) is 2.45. The van der Waals surface area contributed by atoms with Gasteiger partial charge >= 0.3 is 0 Å². The van der Waals surface area contributed by atoms with Gasteiger partial charge in [-0.25, -0.2) is 4.98 Å². The summed E-state index contributed by atoms with van der Waals surface area (Å²) < 4.78 is 6.87. The molecule has 2 nitrogen and oxygen atoms in total. The lowest BCUT2D eigenvalue weighted by molar-refractivity contribution is 0.0942. The van der Waals surface area contributed by atoms with Gasteiger partial charge in [-0.15, -0.1) is 0 Å². The Balaban J connectivity index is 1.95. The van der Waals surface area contributed by atoms with E-state index in [0.29, 0.717) is 11.5 Å². The van der Waals surface area contributed by atoms with Gasteiger partial charge < -0.3 is 4.74 Å². The summed E-state index contributed by atoms with van der Waals surface area (Å²) in [5.74, 6) is 0.729. The van der Waals surface area contributed by atoms with Gasteiger partial charge in [0.15, 0.2) is 0 Å². The molecule has 1 aromatic heterocycles. The second kappa shape index (κ2) is 4.74. The molecule has 0 unspecified atom stereocenters. The van der Waals surface area contributed by atoms with E-state index in [4.69, 9.17) is 4.74 Å². The van der Waals surface area contributed by atoms with Gasteiger partial charge in [0.1, 0.15) is 6.10 Å². The van der Waals surface area contributed by atoms with Gasteiger partial charge in [-0.2, -0.15) is 0 Å². The third-order valence-corrected chi connectivity index (χ3v) is 3.89. The first-order valence-corrected chi connectivity index (χ1v) is 6.63. The van der Waals surface area contributed by atoms with E-state index in [1.165, 1.54) is 12.8 Å². The van der Waals surface area contributed by atoms with Crippen LogP contribution in [0.15, 0.2) is 22.8 Å². The Morgan fingerprint density at radius 3 is 2.69 bits per heavy atom. The molecular formula is C13H18BrNO. The zero-order valence-corrected chi connectivity index (χ0v) is 11.5. The lowest BCUT2D eigenvalue weighted by Gasteiger charge is -2.34. The maximum Gasteiger partial charge on any atom is 0.228 e. The van der Waals surface area contributed by atoms with E-state index in [9.17, 15) is 0 Å². The predicted octanol–water partition coefficient (Wildman–Crippen LogP) is 4.19. The molecule has 3 heteroatoms. The number of hydrogen-bond acceptors (Lipinski definition) is 2. The van der Waals surface area contributed by atoms with Crippen molar-refractivity contribution in [1.29, 1.82) is 0 Å². The summed E-state index contributed by atoms with van der Waals surface area (Å²) in [4.78, 5) is 4.24. The summed E-state index contributed by atoms with van der Waals surface area (Å²) in [6, 6.07) is 3.87.